The molecule has 0 radical (unpaired) electrons. The Kier molecular flexibility index (Phi) is 5.88. The molecule has 0 aromatic heterocycles. The zero-order valence-electron chi connectivity index (χ0n) is 11.5. The summed E-state index contributed by atoms with van der Waals surface area (Å²) >= 11 is 0. The van der Waals surface area contributed by atoms with Crippen molar-refractivity contribution in [2.75, 3.05) is 13.1 Å². The van der Waals surface area contributed by atoms with E-state index in [-0.39, 0.29) is 0 Å². The maximum atomic E-state index is 4.69. The molecule has 0 unspecified atom stereocenters. The molecular weight excluding hydrogens is 208 g/mol. The van der Waals surface area contributed by atoms with Crippen molar-refractivity contribution in [3.63, 3.8) is 0 Å². The van der Waals surface area contributed by atoms with Crippen molar-refractivity contribution >= 4 is 11.4 Å². The van der Waals surface area contributed by atoms with Crippen LogP contribution in [-0.4, -0.2) is 24.5 Å². The number of hydrogen-bond donors (Lipinski definition) is 0. The van der Waals surface area contributed by atoms with E-state index in [1.807, 2.05) is 0 Å². The standard InChI is InChI=1S/C15H24N2/c1-12(2)10-16-14-8-6-5-7-9-15(14)17-11-13(3)4/h5-8,12-13H,9-11H2,1-4H3. The molecule has 0 heterocycles. The molecule has 0 aromatic carbocycles. The van der Waals surface area contributed by atoms with Gasteiger partial charge in [-0.15, -0.1) is 0 Å². The first-order valence-electron chi connectivity index (χ1n) is 6.51. The van der Waals surface area contributed by atoms with Crippen LogP contribution < -0.4 is 0 Å². The van der Waals surface area contributed by atoms with E-state index in [1.165, 1.54) is 0 Å². The van der Waals surface area contributed by atoms with Gasteiger partial charge in [0.15, 0.2) is 0 Å². The molecule has 0 atom stereocenters. The monoisotopic (exact) mass is 232 g/mol. The van der Waals surface area contributed by atoms with Crippen molar-refractivity contribution < 1.29 is 0 Å². The van der Waals surface area contributed by atoms with E-state index >= 15 is 0 Å². The predicted octanol–water partition coefficient (Wildman–Crippen LogP) is 3.70. The van der Waals surface area contributed by atoms with Gasteiger partial charge in [-0.2, -0.15) is 0 Å². The summed E-state index contributed by atoms with van der Waals surface area (Å²) in [5.74, 6) is 1.20. The summed E-state index contributed by atoms with van der Waals surface area (Å²) in [7, 11) is 0. The summed E-state index contributed by atoms with van der Waals surface area (Å²) in [6.07, 6.45) is 9.25. The Balaban J connectivity index is 2.81. The first-order valence-corrected chi connectivity index (χ1v) is 6.51. The van der Waals surface area contributed by atoms with Crippen LogP contribution in [0.1, 0.15) is 34.1 Å². The average Bonchev–Trinajstić information content (AvgIpc) is 2.48. The SMILES string of the molecule is CC(C)CN=C1C=CC=CCC1=NCC(C)C. The van der Waals surface area contributed by atoms with Gasteiger partial charge >= 0.3 is 0 Å². The van der Waals surface area contributed by atoms with E-state index in [9.17, 15) is 0 Å². The van der Waals surface area contributed by atoms with Crippen LogP contribution in [0.3, 0.4) is 0 Å². The number of aliphatic imine (C=N–C) groups is 2. The minimum Gasteiger partial charge on any atom is -0.287 e. The number of rotatable bonds is 4. The third-order valence-electron chi connectivity index (χ3n) is 2.38. The summed E-state index contributed by atoms with van der Waals surface area (Å²) in [5, 5.41) is 0. The van der Waals surface area contributed by atoms with Gasteiger partial charge in [-0.1, -0.05) is 45.9 Å². The maximum absolute atomic E-state index is 4.69. The van der Waals surface area contributed by atoms with Crippen LogP contribution in [0.15, 0.2) is 34.3 Å². The van der Waals surface area contributed by atoms with Gasteiger partial charge in [0.05, 0.1) is 11.4 Å². The zero-order valence-corrected chi connectivity index (χ0v) is 11.5. The fourth-order valence-electron chi connectivity index (χ4n) is 1.47. The second kappa shape index (κ2) is 7.21. The van der Waals surface area contributed by atoms with Crippen molar-refractivity contribution in [2.24, 2.45) is 21.8 Å². The molecule has 1 aliphatic carbocycles. The Labute approximate surface area is 105 Å². The molecule has 1 rings (SSSR count). The molecule has 0 amide bonds. The lowest BCUT2D eigenvalue weighted by atomic mass is 10.1. The van der Waals surface area contributed by atoms with E-state index in [0.717, 1.165) is 30.9 Å². The summed E-state index contributed by atoms with van der Waals surface area (Å²) in [6.45, 7) is 10.5. The normalized spacial score (nSPS) is 20.8. The van der Waals surface area contributed by atoms with Gasteiger partial charge in [0.25, 0.3) is 0 Å². The Morgan fingerprint density at radius 2 is 1.65 bits per heavy atom. The van der Waals surface area contributed by atoms with Crippen molar-refractivity contribution in [3.05, 3.63) is 24.3 Å². The fourth-order valence-corrected chi connectivity index (χ4v) is 1.47. The van der Waals surface area contributed by atoms with E-state index in [0.29, 0.717) is 11.8 Å². The highest BCUT2D eigenvalue weighted by Crippen LogP contribution is 2.05. The molecule has 0 spiro atoms. The van der Waals surface area contributed by atoms with E-state index in [4.69, 9.17) is 0 Å². The Bertz CT molecular complexity index is 344. The van der Waals surface area contributed by atoms with Crippen molar-refractivity contribution in [2.45, 2.75) is 34.1 Å². The molecule has 0 saturated carbocycles. The number of hydrogen-bond acceptors (Lipinski definition) is 2. The number of allylic oxidation sites excluding steroid dienone is 4. The maximum Gasteiger partial charge on any atom is 0.0787 e. The van der Waals surface area contributed by atoms with Crippen LogP contribution in [0.4, 0.5) is 0 Å². The molecule has 94 valence electrons. The van der Waals surface area contributed by atoms with E-state index in [1.54, 1.807) is 0 Å². The molecule has 0 saturated heterocycles. The Morgan fingerprint density at radius 3 is 2.29 bits per heavy atom. The smallest absolute Gasteiger partial charge is 0.0787 e. The van der Waals surface area contributed by atoms with E-state index in [2.05, 4.69) is 62.0 Å². The lowest BCUT2D eigenvalue weighted by Gasteiger charge is -2.07. The minimum atomic E-state index is 0.596. The Morgan fingerprint density at radius 1 is 1.00 bits per heavy atom. The Hall–Kier alpha value is -1.18. The molecule has 0 aliphatic heterocycles. The molecule has 17 heavy (non-hydrogen) atoms. The minimum absolute atomic E-state index is 0.596. The molecule has 0 fully saturated rings. The lowest BCUT2D eigenvalue weighted by molar-refractivity contribution is 0.663. The van der Waals surface area contributed by atoms with Gasteiger partial charge in [-0.25, -0.2) is 0 Å². The van der Waals surface area contributed by atoms with Gasteiger partial charge in [0, 0.05) is 19.5 Å². The summed E-state index contributed by atoms with van der Waals surface area (Å²) in [4.78, 5) is 9.35. The van der Waals surface area contributed by atoms with Crippen LogP contribution in [0.25, 0.3) is 0 Å². The molecule has 0 bridgehead atoms. The molecule has 2 heteroatoms. The van der Waals surface area contributed by atoms with Crippen molar-refractivity contribution in [1.82, 2.24) is 0 Å². The second-order valence-electron chi connectivity index (χ2n) is 5.29. The molecule has 0 aromatic rings. The third-order valence-corrected chi connectivity index (χ3v) is 2.38. The van der Waals surface area contributed by atoms with Crippen LogP contribution in [0.5, 0.6) is 0 Å². The number of nitrogens with zero attached hydrogens (tertiary/aromatic N) is 2. The van der Waals surface area contributed by atoms with Gasteiger partial charge in [0.2, 0.25) is 0 Å². The summed E-state index contributed by atoms with van der Waals surface area (Å²) in [6, 6.07) is 0. The topological polar surface area (TPSA) is 24.7 Å². The largest absolute Gasteiger partial charge is 0.287 e. The predicted molar refractivity (Wildman–Crippen MR) is 77.2 cm³/mol. The summed E-state index contributed by atoms with van der Waals surface area (Å²) < 4.78 is 0. The quantitative estimate of drug-likeness (QED) is 0.706. The molecule has 0 N–H and O–H groups in total. The summed E-state index contributed by atoms with van der Waals surface area (Å²) in [5.41, 5.74) is 2.19. The molecular formula is C15H24N2. The third kappa shape index (κ3) is 5.62. The van der Waals surface area contributed by atoms with Crippen LogP contribution in [0.2, 0.25) is 0 Å². The van der Waals surface area contributed by atoms with Crippen molar-refractivity contribution in [1.29, 1.82) is 0 Å². The van der Waals surface area contributed by atoms with Crippen LogP contribution in [-0.2, 0) is 0 Å². The average molecular weight is 232 g/mol. The first-order chi connectivity index (χ1) is 8.09. The lowest BCUT2D eigenvalue weighted by Crippen LogP contribution is -2.14. The van der Waals surface area contributed by atoms with Gasteiger partial charge in [-0.3, -0.25) is 9.98 Å². The highest BCUT2D eigenvalue weighted by Gasteiger charge is 2.07. The van der Waals surface area contributed by atoms with Gasteiger partial charge in [-0.05, 0) is 17.9 Å². The van der Waals surface area contributed by atoms with E-state index < -0.39 is 0 Å². The zero-order chi connectivity index (χ0) is 12.7. The second-order valence-corrected chi connectivity index (χ2v) is 5.29. The first kappa shape index (κ1) is 13.9. The molecule has 2 nitrogen and oxygen atoms in total. The molecule has 1 aliphatic rings. The van der Waals surface area contributed by atoms with Gasteiger partial charge < -0.3 is 0 Å². The van der Waals surface area contributed by atoms with Crippen molar-refractivity contribution in [3.8, 4) is 0 Å². The van der Waals surface area contributed by atoms with Crippen LogP contribution in [0, 0.1) is 11.8 Å². The highest BCUT2D eigenvalue weighted by molar-refractivity contribution is 6.47. The van der Waals surface area contributed by atoms with Crippen LogP contribution >= 0.6 is 0 Å². The highest BCUT2D eigenvalue weighted by atomic mass is 14.8. The fraction of sp³-hybridized carbons (Fsp3) is 0.600. The van der Waals surface area contributed by atoms with Gasteiger partial charge in [0.1, 0.15) is 0 Å².